The number of piperidine rings is 1. The van der Waals surface area contributed by atoms with Crippen molar-refractivity contribution in [2.75, 3.05) is 20.1 Å². The van der Waals surface area contributed by atoms with Gasteiger partial charge in [-0.2, -0.15) is 0 Å². The molecule has 1 aliphatic heterocycles. The molecule has 1 saturated heterocycles. The number of hydrogen-bond acceptors (Lipinski definition) is 3. The highest BCUT2D eigenvalue weighted by molar-refractivity contribution is 7.10. The maximum Gasteiger partial charge on any atom is 0.226 e. The summed E-state index contributed by atoms with van der Waals surface area (Å²) in [6, 6.07) is 4.33. The lowest BCUT2D eigenvalue weighted by atomic mass is 9.96. The number of rotatable bonds is 3. The Labute approximate surface area is 107 Å². The van der Waals surface area contributed by atoms with Crippen LogP contribution >= 0.6 is 11.3 Å². The monoisotopic (exact) mass is 252 g/mol. The minimum absolute atomic E-state index is 0.192. The third kappa shape index (κ3) is 2.87. The molecule has 94 valence electrons. The van der Waals surface area contributed by atoms with E-state index in [4.69, 9.17) is 0 Å². The molecule has 4 heteroatoms. The van der Waals surface area contributed by atoms with Gasteiger partial charge in [-0.05, 0) is 44.3 Å². The van der Waals surface area contributed by atoms with Gasteiger partial charge in [0.2, 0.25) is 5.91 Å². The number of amides is 1. The lowest BCUT2D eigenvalue weighted by Crippen LogP contribution is -2.40. The van der Waals surface area contributed by atoms with Crippen molar-refractivity contribution in [2.45, 2.75) is 25.8 Å². The average molecular weight is 252 g/mol. The molecule has 2 rings (SSSR count). The Hall–Kier alpha value is -0.870. The van der Waals surface area contributed by atoms with E-state index in [0.29, 0.717) is 5.91 Å². The van der Waals surface area contributed by atoms with Crippen molar-refractivity contribution in [3.05, 3.63) is 22.4 Å². The summed E-state index contributed by atoms with van der Waals surface area (Å²) in [5, 5.41) is 5.36. The van der Waals surface area contributed by atoms with Crippen LogP contribution in [0.1, 0.15) is 30.7 Å². The molecule has 2 heterocycles. The van der Waals surface area contributed by atoms with Gasteiger partial charge in [-0.15, -0.1) is 11.3 Å². The Bertz CT molecular complexity index is 358. The number of thiophene rings is 1. The summed E-state index contributed by atoms with van der Waals surface area (Å²) < 4.78 is 0. The van der Waals surface area contributed by atoms with Crippen molar-refractivity contribution in [3.8, 4) is 0 Å². The SMILES string of the molecule is CC(c1cccs1)N(C)C(=O)C1CCNCC1. The number of carbonyl (C=O) groups excluding carboxylic acids is 1. The molecular formula is C13H20N2OS. The third-order valence-corrected chi connectivity index (χ3v) is 4.61. The second kappa shape index (κ2) is 5.65. The predicted molar refractivity (Wildman–Crippen MR) is 71.1 cm³/mol. The lowest BCUT2D eigenvalue weighted by molar-refractivity contribution is -0.136. The number of carbonyl (C=O) groups is 1. The van der Waals surface area contributed by atoms with Crippen molar-refractivity contribution in [3.63, 3.8) is 0 Å². The maximum absolute atomic E-state index is 12.3. The summed E-state index contributed by atoms with van der Waals surface area (Å²) >= 11 is 1.72. The number of hydrogen-bond donors (Lipinski definition) is 1. The van der Waals surface area contributed by atoms with Gasteiger partial charge in [0.1, 0.15) is 0 Å². The van der Waals surface area contributed by atoms with Crippen LogP contribution in [0.25, 0.3) is 0 Å². The molecule has 1 unspecified atom stereocenters. The summed E-state index contributed by atoms with van der Waals surface area (Å²) in [5.74, 6) is 0.510. The first-order valence-corrected chi connectivity index (χ1v) is 7.09. The zero-order valence-corrected chi connectivity index (χ0v) is 11.3. The van der Waals surface area contributed by atoms with Crippen LogP contribution in [0.15, 0.2) is 17.5 Å². The molecule has 1 aromatic rings. The Kier molecular flexibility index (Phi) is 4.18. The van der Waals surface area contributed by atoms with Crippen LogP contribution in [-0.4, -0.2) is 30.9 Å². The zero-order valence-electron chi connectivity index (χ0n) is 10.5. The Morgan fingerprint density at radius 1 is 1.53 bits per heavy atom. The van der Waals surface area contributed by atoms with E-state index in [1.165, 1.54) is 4.88 Å². The largest absolute Gasteiger partial charge is 0.338 e. The van der Waals surface area contributed by atoms with Gasteiger partial charge < -0.3 is 10.2 Å². The molecular weight excluding hydrogens is 232 g/mol. The van der Waals surface area contributed by atoms with Crippen LogP contribution in [0.2, 0.25) is 0 Å². The van der Waals surface area contributed by atoms with Gasteiger partial charge in [0.25, 0.3) is 0 Å². The van der Waals surface area contributed by atoms with E-state index in [1.807, 2.05) is 18.0 Å². The van der Waals surface area contributed by atoms with E-state index in [1.54, 1.807) is 11.3 Å². The topological polar surface area (TPSA) is 32.3 Å². The van der Waals surface area contributed by atoms with Crippen LogP contribution in [-0.2, 0) is 4.79 Å². The van der Waals surface area contributed by atoms with Crippen LogP contribution in [0.4, 0.5) is 0 Å². The predicted octanol–water partition coefficient (Wildman–Crippen LogP) is 2.27. The highest BCUT2D eigenvalue weighted by Crippen LogP contribution is 2.26. The molecule has 1 fully saturated rings. The fraction of sp³-hybridized carbons (Fsp3) is 0.615. The lowest BCUT2D eigenvalue weighted by Gasteiger charge is -2.30. The van der Waals surface area contributed by atoms with Gasteiger partial charge in [0, 0.05) is 17.8 Å². The van der Waals surface area contributed by atoms with Crippen molar-refractivity contribution >= 4 is 17.2 Å². The number of nitrogens with one attached hydrogen (secondary N) is 1. The highest BCUT2D eigenvalue weighted by atomic mass is 32.1. The maximum atomic E-state index is 12.3. The van der Waals surface area contributed by atoms with E-state index in [9.17, 15) is 4.79 Å². The van der Waals surface area contributed by atoms with Gasteiger partial charge in [0.15, 0.2) is 0 Å². The van der Waals surface area contributed by atoms with Crippen LogP contribution in [0, 0.1) is 5.92 Å². The second-order valence-electron chi connectivity index (χ2n) is 4.66. The van der Waals surface area contributed by atoms with Crippen molar-refractivity contribution in [1.82, 2.24) is 10.2 Å². The molecule has 0 aliphatic carbocycles. The minimum Gasteiger partial charge on any atom is -0.338 e. The van der Waals surface area contributed by atoms with E-state index in [0.717, 1.165) is 25.9 Å². The minimum atomic E-state index is 0.192. The molecule has 1 aromatic heterocycles. The van der Waals surface area contributed by atoms with E-state index in [-0.39, 0.29) is 12.0 Å². The van der Waals surface area contributed by atoms with Crippen molar-refractivity contribution in [1.29, 1.82) is 0 Å². The van der Waals surface area contributed by atoms with Gasteiger partial charge in [-0.1, -0.05) is 6.07 Å². The average Bonchev–Trinajstić information content (AvgIpc) is 2.91. The van der Waals surface area contributed by atoms with Crippen molar-refractivity contribution in [2.24, 2.45) is 5.92 Å². The quantitative estimate of drug-likeness (QED) is 0.895. The first kappa shape index (κ1) is 12.6. The molecule has 1 atom stereocenters. The molecule has 0 radical (unpaired) electrons. The van der Waals surface area contributed by atoms with Crippen LogP contribution in [0.5, 0.6) is 0 Å². The summed E-state index contributed by atoms with van der Waals surface area (Å²) in [7, 11) is 1.93. The first-order chi connectivity index (χ1) is 8.20. The highest BCUT2D eigenvalue weighted by Gasteiger charge is 2.27. The third-order valence-electron chi connectivity index (χ3n) is 3.57. The van der Waals surface area contributed by atoms with E-state index >= 15 is 0 Å². The standard InChI is InChI=1S/C13H20N2OS/c1-10(12-4-3-9-17-12)15(2)13(16)11-5-7-14-8-6-11/h3-4,9-11,14H,5-8H2,1-2H3. The summed E-state index contributed by atoms with van der Waals surface area (Å²) in [5.41, 5.74) is 0. The van der Waals surface area contributed by atoms with E-state index in [2.05, 4.69) is 23.7 Å². The summed E-state index contributed by atoms with van der Waals surface area (Å²) in [6.07, 6.45) is 1.95. The molecule has 1 amide bonds. The molecule has 17 heavy (non-hydrogen) atoms. The first-order valence-electron chi connectivity index (χ1n) is 6.21. The van der Waals surface area contributed by atoms with Gasteiger partial charge in [-0.25, -0.2) is 0 Å². The molecule has 0 aromatic carbocycles. The van der Waals surface area contributed by atoms with Gasteiger partial charge >= 0.3 is 0 Å². The van der Waals surface area contributed by atoms with Gasteiger partial charge in [-0.3, -0.25) is 4.79 Å². The van der Waals surface area contributed by atoms with Crippen LogP contribution in [0.3, 0.4) is 0 Å². The fourth-order valence-corrected chi connectivity index (χ4v) is 3.09. The second-order valence-corrected chi connectivity index (χ2v) is 5.64. The number of nitrogens with zero attached hydrogens (tertiary/aromatic N) is 1. The molecule has 3 nitrogen and oxygen atoms in total. The Balaban J connectivity index is 1.98. The van der Waals surface area contributed by atoms with E-state index < -0.39 is 0 Å². The van der Waals surface area contributed by atoms with Crippen molar-refractivity contribution < 1.29 is 4.79 Å². The van der Waals surface area contributed by atoms with Gasteiger partial charge in [0.05, 0.1) is 6.04 Å². The Morgan fingerprint density at radius 3 is 2.82 bits per heavy atom. The summed E-state index contributed by atoms with van der Waals surface area (Å²) in [4.78, 5) is 15.5. The molecule has 1 aliphatic rings. The Morgan fingerprint density at radius 2 is 2.24 bits per heavy atom. The molecule has 0 saturated carbocycles. The van der Waals surface area contributed by atoms with Crippen LogP contribution < -0.4 is 5.32 Å². The molecule has 0 bridgehead atoms. The molecule has 1 N–H and O–H groups in total. The molecule has 0 spiro atoms. The summed E-state index contributed by atoms with van der Waals surface area (Å²) in [6.45, 7) is 4.04. The smallest absolute Gasteiger partial charge is 0.226 e. The zero-order chi connectivity index (χ0) is 12.3. The fourth-order valence-electron chi connectivity index (χ4n) is 2.27. The normalized spacial score (nSPS) is 18.9.